The van der Waals surface area contributed by atoms with E-state index in [-0.39, 0.29) is 24.0 Å². The number of carbonyl (C=O) groups excluding carboxylic acids is 1. The maximum atomic E-state index is 12.5. The molecule has 1 atom stereocenters. The molecule has 1 aromatic carbocycles. The molecule has 1 aliphatic rings. The molecule has 1 fully saturated rings. The van der Waals surface area contributed by atoms with Gasteiger partial charge in [-0.2, -0.15) is 0 Å². The third kappa shape index (κ3) is 4.84. The predicted molar refractivity (Wildman–Crippen MR) is 89.8 cm³/mol. The third-order valence-corrected chi connectivity index (χ3v) is 4.53. The number of aliphatic hydroxyl groups excluding tert-OH is 1. The molecule has 1 aromatic rings. The highest BCUT2D eigenvalue weighted by molar-refractivity contribution is 5.83. The van der Waals surface area contributed by atoms with E-state index >= 15 is 0 Å². The molecule has 3 nitrogen and oxygen atoms in total. The van der Waals surface area contributed by atoms with Crippen LogP contribution in [0.1, 0.15) is 63.5 Å². The van der Waals surface area contributed by atoms with E-state index < -0.39 is 0 Å². The summed E-state index contributed by atoms with van der Waals surface area (Å²) in [6.07, 6.45) is 4.22. The molecular formula is C19H29NO2. The van der Waals surface area contributed by atoms with Gasteiger partial charge in [0.15, 0.2) is 0 Å². The fourth-order valence-corrected chi connectivity index (χ4v) is 3.16. The summed E-state index contributed by atoms with van der Waals surface area (Å²) in [6.45, 7) is 6.39. The van der Waals surface area contributed by atoms with Gasteiger partial charge in [0.1, 0.15) is 0 Å². The first kappa shape index (κ1) is 17.0. The van der Waals surface area contributed by atoms with Gasteiger partial charge in [-0.3, -0.25) is 4.79 Å². The van der Waals surface area contributed by atoms with Gasteiger partial charge < -0.3 is 10.4 Å². The molecule has 22 heavy (non-hydrogen) atoms. The molecule has 0 aromatic heterocycles. The zero-order valence-corrected chi connectivity index (χ0v) is 14.0. The van der Waals surface area contributed by atoms with Crippen molar-refractivity contribution < 1.29 is 9.90 Å². The maximum absolute atomic E-state index is 12.5. The normalized spacial score (nSPS) is 23.3. The summed E-state index contributed by atoms with van der Waals surface area (Å²) in [5.74, 6) is 0.593. The summed E-state index contributed by atoms with van der Waals surface area (Å²) in [5, 5.41) is 12.7. The summed E-state index contributed by atoms with van der Waals surface area (Å²) in [5.41, 5.74) is 2.39. The van der Waals surface area contributed by atoms with Crippen molar-refractivity contribution in [2.24, 2.45) is 5.92 Å². The minimum absolute atomic E-state index is 0.100. The van der Waals surface area contributed by atoms with Gasteiger partial charge in [-0.05, 0) is 56.1 Å². The Morgan fingerprint density at radius 3 is 2.55 bits per heavy atom. The summed E-state index contributed by atoms with van der Waals surface area (Å²) >= 11 is 0. The van der Waals surface area contributed by atoms with Gasteiger partial charge in [-0.15, -0.1) is 0 Å². The first-order valence-electron chi connectivity index (χ1n) is 8.53. The van der Waals surface area contributed by atoms with E-state index in [1.165, 1.54) is 5.56 Å². The van der Waals surface area contributed by atoms with Crippen LogP contribution < -0.4 is 5.32 Å². The van der Waals surface area contributed by atoms with Crippen molar-refractivity contribution >= 4 is 5.91 Å². The van der Waals surface area contributed by atoms with Gasteiger partial charge >= 0.3 is 0 Å². The van der Waals surface area contributed by atoms with Crippen LogP contribution in [0.25, 0.3) is 0 Å². The van der Waals surface area contributed by atoms with Gasteiger partial charge in [-0.1, -0.05) is 38.1 Å². The molecule has 1 saturated carbocycles. The Bertz CT molecular complexity index is 490. The van der Waals surface area contributed by atoms with Crippen LogP contribution in [0.2, 0.25) is 0 Å². The van der Waals surface area contributed by atoms with Crippen molar-refractivity contribution in [3.63, 3.8) is 0 Å². The standard InChI is InChI=1S/C19H29NO2/c1-13(2)11-15-5-4-6-16(12-15)14(3)19(22)20-17-7-9-18(21)10-8-17/h4-6,12-14,17-18,21H,7-11H2,1-3H3,(H,20,22). The Labute approximate surface area is 134 Å². The Morgan fingerprint density at radius 1 is 1.23 bits per heavy atom. The van der Waals surface area contributed by atoms with E-state index in [4.69, 9.17) is 0 Å². The van der Waals surface area contributed by atoms with Crippen LogP contribution in [0.5, 0.6) is 0 Å². The quantitative estimate of drug-likeness (QED) is 0.876. The van der Waals surface area contributed by atoms with Crippen molar-refractivity contribution in [3.05, 3.63) is 35.4 Å². The van der Waals surface area contributed by atoms with E-state index in [1.54, 1.807) is 0 Å². The Kier molecular flexibility index (Phi) is 6.01. The maximum Gasteiger partial charge on any atom is 0.227 e. The van der Waals surface area contributed by atoms with Crippen LogP contribution in [0.4, 0.5) is 0 Å². The zero-order valence-electron chi connectivity index (χ0n) is 14.0. The smallest absolute Gasteiger partial charge is 0.227 e. The molecule has 3 heteroatoms. The predicted octanol–water partition coefficient (Wildman–Crippen LogP) is 3.41. The number of amides is 1. The topological polar surface area (TPSA) is 49.3 Å². The van der Waals surface area contributed by atoms with Crippen LogP contribution in [0, 0.1) is 5.92 Å². The monoisotopic (exact) mass is 303 g/mol. The highest BCUT2D eigenvalue weighted by atomic mass is 16.3. The number of hydrogen-bond acceptors (Lipinski definition) is 2. The second-order valence-electron chi connectivity index (χ2n) is 7.08. The van der Waals surface area contributed by atoms with Gasteiger partial charge in [0, 0.05) is 6.04 Å². The second-order valence-corrected chi connectivity index (χ2v) is 7.08. The molecule has 0 bridgehead atoms. The van der Waals surface area contributed by atoms with Gasteiger partial charge in [-0.25, -0.2) is 0 Å². The van der Waals surface area contributed by atoms with Crippen LogP contribution in [-0.2, 0) is 11.2 Å². The first-order chi connectivity index (χ1) is 10.5. The number of nitrogens with one attached hydrogen (secondary N) is 1. The summed E-state index contributed by atoms with van der Waals surface area (Å²) in [4.78, 5) is 12.5. The largest absolute Gasteiger partial charge is 0.393 e. The number of benzene rings is 1. The van der Waals surface area contributed by atoms with E-state index in [9.17, 15) is 9.90 Å². The third-order valence-electron chi connectivity index (χ3n) is 4.53. The van der Waals surface area contributed by atoms with Crippen molar-refractivity contribution in [1.29, 1.82) is 0 Å². The SMILES string of the molecule is CC(C)Cc1cccc(C(C)C(=O)NC2CCC(O)CC2)c1. The van der Waals surface area contributed by atoms with Crippen LogP contribution >= 0.6 is 0 Å². The van der Waals surface area contributed by atoms with Gasteiger partial charge in [0.2, 0.25) is 5.91 Å². The summed E-state index contributed by atoms with van der Waals surface area (Å²) < 4.78 is 0. The second kappa shape index (κ2) is 7.77. The Balaban J connectivity index is 1.95. The number of aliphatic hydroxyl groups is 1. The average Bonchev–Trinajstić information content (AvgIpc) is 2.48. The molecule has 2 N–H and O–H groups in total. The Hall–Kier alpha value is -1.35. The Morgan fingerprint density at radius 2 is 1.91 bits per heavy atom. The molecule has 0 heterocycles. The minimum Gasteiger partial charge on any atom is -0.393 e. The summed E-state index contributed by atoms with van der Waals surface area (Å²) in [7, 11) is 0. The molecule has 122 valence electrons. The van der Waals surface area contributed by atoms with Crippen molar-refractivity contribution in [1.82, 2.24) is 5.32 Å². The molecule has 2 rings (SSSR count). The lowest BCUT2D eigenvalue weighted by atomic mass is 9.91. The number of rotatable bonds is 5. The highest BCUT2D eigenvalue weighted by Gasteiger charge is 2.23. The molecule has 1 aliphatic carbocycles. The van der Waals surface area contributed by atoms with Crippen molar-refractivity contribution in [3.8, 4) is 0 Å². The highest BCUT2D eigenvalue weighted by Crippen LogP contribution is 2.22. The molecule has 0 aliphatic heterocycles. The van der Waals surface area contributed by atoms with Gasteiger partial charge in [0.05, 0.1) is 12.0 Å². The minimum atomic E-state index is -0.182. The molecule has 0 saturated heterocycles. The van der Waals surface area contributed by atoms with Gasteiger partial charge in [0.25, 0.3) is 0 Å². The fourth-order valence-electron chi connectivity index (χ4n) is 3.16. The average molecular weight is 303 g/mol. The van der Waals surface area contributed by atoms with E-state index in [2.05, 4.69) is 31.3 Å². The molecule has 1 unspecified atom stereocenters. The number of hydrogen-bond donors (Lipinski definition) is 2. The molecule has 1 amide bonds. The zero-order chi connectivity index (χ0) is 16.1. The van der Waals surface area contributed by atoms with Crippen LogP contribution in [0.3, 0.4) is 0 Å². The first-order valence-corrected chi connectivity index (χ1v) is 8.53. The van der Waals surface area contributed by atoms with Crippen LogP contribution in [-0.4, -0.2) is 23.2 Å². The van der Waals surface area contributed by atoms with E-state index in [0.29, 0.717) is 5.92 Å². The van der Waals surface area contributed by atoms with Crippen molar-refractivity contribution in [2.45, 2.75) is 70.9 Å². The van der Waals surface area contributed by atoms with E-state index in [1.807, 2.05) is 19.1 Å². The van der Waals surface area contributed by atoms with Crippen molar-refractivity contribution in [2.75, 3.05) is 0 Å². The molecule has 0 radical (unpaired) electrons. The molecular weight excluding hydrogens is 274 g/mol. The number of carbonyl (C=O) groups is 1. The lowest BCUT2D eigenvalue weighted by molar-refractivity contribution is -0.123. The lowest BCUT2D eigenvalue weighted by Gasteiger charge is -2.27. The van der Waals surface area contributed by atoms with E-state index in [0.717, 1.165) is 37.7 Å². The van der Waals surface area contributed by atoms with Crippen LogP contribution in [0.15, 0.2) is 24.3 Å². The summed E-state index contributed by atoms with van der Waals surface area (Å²) in [6, 6.07) is 8.61. The fraction of sp³-hybridized carbons (Fsp3) is 0.632. The lowest BCUT2D eigenvalue weighted by Crippen LogP contribution is -2.40. The molecule has 0 spiro atoms.